The van der Waals surface area contributed by atoms with Crippen LogP contribution >= 0.6 is 0 Å². The first-order chi connectivity index (χ1) is 7.95. The van der Waals surface area contributed by atoms with Crippen LogP contribution in [0.2, 0.25) is 0 Å². The average Bonchev–Trinajstić information content (AvgIpc) is 2.26. The third kappa shape index (κ3) is 4.48. The summed E-state index contributed by atoms with van der Waals surface area (Å²) in [6.07, 6.45) is 1.77. The van der Waals surface area contributed by atoms with E-state index in [-0.39, 0.29) is 0 Å². The van der Waals surface area contributed by atoms with Crippen molar-refractivity contribution in [1.29, 1.82) is 0 Å². The van der Waals surface area contributed by atoms with E-state index in [9.17, 15) is 8.42 Å². The molecule has 4 heteroatoms. The molecule has 0 fully saturated rings. The molecule has 0 aliphatic rings. The molecule has 0 saturated carbocycles. The largest absolute Gasteiger partial charge is 0.240 e. The Hall–Kier alpha value is -0.870. The van der Waals surface area contributed by atoms with Crippen molar-refractivity contribution in [3.8, 4) is 0 Å². The van der Waals surface area contributed by atoms with Gasteiger partial charge in [0.05, 0.1) is 4.90 Å². The predicted molar refractivity (Wildman–Crippen MR) is 70.5 cm³/mol. The number of sulfonamides is 1. The van der Waals surface area contributed by atoms with Gasteiger partial charge in [-0.25, -0.2) is 13.1 Å². The second-order valence-electron chi connectivity index (χ2n) is 4.64. The fraction of sp³-hybridized carbons (Fsp3) is 0.538. The molecule has 0 aromatic heterocycles. The molecule has 96 valence electrons. The lowest BCUT2D eigenvalue weighted by molar-refractivity contribution is 0.580. The minimum absolute atomic E-state index is 0.346. The van der Waals surface area contributed by atoms with Gasteiger partial charge in [-0.2, -0.15) is 0 Å². The van der Waals surface area contributed by atoms with Crippen molar-refractivity contribution in [2.45, 2.75) is 38.5 Å². The van der Waals surface area contributed by atoms with Crippen LogP contribution < -0.4 is 4.72 Å². The van der Waals surface area contributed by atoms with Crippen molar-refractivity contribution < 1.29 is 8.42 Å². The van der Waals surface area contributed by atoms with Crippen LogP contribution in [0.25, 0.3) is 0 Å². The Morgan fingerprint density at radius 1 is 1.18 bits per heavy atom. The van der Waals surface area contributed by atoms with E-state index in [4.69, 9.17) is 0 Å². The monoisotopic (exact) mass is 255 g/mol. The minimum atomic E-state index is -3.32. The van der Waals surface area contributed by atoms with Crippen molar-refractivity contribution in [2.24, 2.45) is 5.92 Å². The Bertz CT molecular complexity index is 435. The maximum atomic E-state index is 11.8. The van der Waals surface area contributed by atoms with Gasteiger partial charge in [-0.1, -0.05) is 32.9 Å². The highest BCUT2D eigenvalue weighted by Gasteiger charge is 2.12. The summed E-state index contributed by atoms with van der Waals surface area (Å²) in [6, 6.07) is 7.13. The van der Waals surface area contributed by atoms with Gasteiger partial charge in [0.15, 0.2) is 0 Å². The molecular formula is C13H21NO2S. The summed E-state index contributed by atoms with van der Waals surface area (Å²) >= 11 is 0. The van der Waals surface area contributed by atoms with Crippen molar-refractivity contribution in [2.75, 3.05) is 6.54 Å². The third-order valence-electron chi connectivity index (χ3n) is 2.42. The molecule has 1 rings (SSSR count). The molecule has 1 N–H and O–H groups in total. The molecule has 0 atom stereocenters. The summed E-state index contributed by atoms with van der Waals surface area (Å²) in [4.78, 5) is 0.346. The summed E-state index contributed by atoms with van der Waals surface area (Å²) < 4.78 is 26.2. The molecule has 1 aromatic rings. The molecule has 0 bridgehead atoms. The highest BCUT2D eigenvalue weighted by Crippen LogP contribution is 2.13. The van der Waals surface area contributed by atoms with Crippen molar-refractivity contribution in [3.63, 3.8) is 0 Å². The van der Waals surface area contributed by atoms with E-state index in [1.807, 2.05) is 19.1 Å². The van der Waals surface area contributed by atoms with Crippen molar-refractivity contribution >= 4 is 10.0 Å². The Morgan fingerprint density at radius 2 is 1.76 bits per heavy atom. The van der Waals surface area contributed by atoms with Gasteiger partial charge in [0.25, 0.3) is 0 Å². The van der Waals surface area contributed by atoms with Gasteiger partial charge < -0.3 is 0 Å². The van der Waals surface area contributed by atoms with Crippen LogP contribution in [-0.4, -0.2) is 15.0 Å². The van der Waals surface area contributed by atoms with Gasteiger partial charge in [0.2, 0.25) is 10.0 Å². The van der Waals surface area contributed by atoms with E-state index >= 15 is 0 Å². The minimum Gasteiger partial charge on any atom is -0.211 e. The van der Waals surface area contributed by atoms with E-state index in [0.29, 0.717) is 17.4 Å². The van der Waals surface area contributed by atoms with Crippen LogP contribution in [0.15, 0.2) is 29.2 Å². The second-order valence-corrected chi connectivity index (χ2v) is 6.41. The van der Waals surface area contributed by atoms with E-state index in [0.717, 1.165) is 12.8 Å². The normalized spacial score (nSPS) is 12.0. The van der Waals surface area contributed by atoms with E-state index < -0.39 is 10.0 Å². The first kappa shape index (κ1) is 14.2. The summed E-state index contributed by atoms with van der Waals surface area (Å²) in [5.41, 5.74) is 1.18. The molecule has 0 radical (unpaired) electrons. The third-order valence-corrected chi connectivity index (χ3v) is 3.90. The fourth-order valence-electron chi connectivity index (χ4n) is 1.60. The number of hydrogen-bond donors (Lipinski definition) is 1. The smallest absolute Gasteiger partial charge is 0.211 e. The molecule has 1 aromatic carbocycles. The van der Waals surface area contributed by atoms with Gasteiger partial charge in [-0.05, 0) is 36.5 Å². The molecule has 0 unspecified atom stereocenters. The van der Waals surface area contributed by atoms with Gasteiger partial charge >= 0.3 is 0 Å². The molecule has 0 amide bonds. The zero-order valence-corrected chi connectivity index (χ0v) is 11.5. The molecule has 0 spiro atoms. The number of hydrogen-bond acceptors (Lipinski definition) is 2. The van der Waals surface area contributed by atoms with Crippen molar-refractivity contribution in [3.05, 3.63) is 29.8 Å². The zero-order chi connectivity index (χ0) is 12.9. The highest BCUT2D eigenvalue weighted by molar-refractivity contribution is 7.89. The van der Waals surface area contributed by atoms with Crippen LogP contribution in [0.4, 0.5) is 0 Å². The maximum Gasteiger partial charge on any atom is 0.240 e. The molecule has 17 heavy (non-hydrogen) atoms. The van der Waals surface area contributed by atoms with Gasteiger partial charge in [-0.15, -0.1) is 0 Å². The van der Waals surface area contributed by atoms with Crippen LogP contribution in [0.5, 0.6) is 0 Å². The Balaban J connectivity index is 2.80. The number of rotatable bonds is 6. The highest BCUT2D eigenvalue weighted by atomic mass is 32.2. The molecule has 0 heterocycles. The zero-order valence-electron chi connectivity index (χ0n) is 10.7. The first-order valence-electron chi connectivity index (χ1n) is 6.04. The topological polar surface area (TPSA) is 46.2 Å². The fourth-order valence-corrected chi connectivity index (χ4v) is 2.73. The maximum absolute atomic E-state index is 11.8. The predicted octanol–water partition coefficient (Wildman–Crippen LogP) is 2.57. The van der Waals surface area contributed by atoms with E-state index in [1.165, 1.54) is 5.56 Å². The van der Waals surface area contributed by atoms with Gasteiger partial charge in [0, 0.05) is 6.54 Å². The van der Waals surface area contributed by atoms with Crippen LogP contribution in [-0.2, 0) is 16.4 Å². The summed E-state index contributed by atoms with van der Waals surface area (Å²) in [6.45, 7) is 6.71. The lowest BCUT2D eigenvalue weighted by Gasteiger charge is -2.08. The van der Waals surface area contributed by atoms with E-state index in [2.05, 4.69) is 18.6 Å². The molecule has 0 aliphatic heterocycles. The van der Waals surface area contributed by atoms with Gasteiger partial charge in [0.1, 0.15) is 0 Å². The van der Waals surface area contributed by atoms with Gasteiger partial charge in [-0.3, -0.25) is 0 Å². The van der Waals surface area contributed by atoms with Crippen LogP contribution in [0.1, 0.15) is 32.8 Å². The van der Waals surface area contributed by atoms with Crippen LogP contribution in [0, 0.1) is 5.92 Å². The second kappa shape index (κ2) is 6.17. The number of nitrogens with one attached hydrogen (secondary N) is 1. The molecule has 0 saturated heterocycles. The summed E-state index contributed by atoms with van der Waals surface area (Å²) in [7, 11) is -3.32. The summed E-state index contributed by atoms with van der Waals surface area (Å²) in [5.74, 6) is 0.579. The Labute approximate surface area is 104 Å². The Kier molecular flexibility index (Phi) is 5.15. The summed E-state index contributed by atoms with van der Waals surface area (Å²) in [5, 5.41) is 0. The van der Waals surface area contributed by atoms with Crippen LogP contribution in [0.3, 0.4) is 0 Å². The van der Waals surface area contributed by atoms with E-state index in [1.54, 1.807) is 12.1 Å². The molecule has 0 aliphatic carbocycles. The Morgan fingerprint density at radius 3 is 2.24 bits per heavy atom. The number of benzene rings is 1. The quantitative estimate of drug-likeness (QED) is 0.849. The lowest BCUT2D eigenvalue weighted by Crippen LogP contribution is -2.24. The lowest BCUT2D eigenvalue weighted by atomic mass is 10.0. The standard InChI is InChI=1S/C13H21NO2S/c1-4-9-14-17(15,16)13-7-5-12(6-8-13)10-11(2)3/h5-8,11,14H,4,9-10H2,1-3H3. The molecular weight excluding hydrogens is 234 g/mol. The van der Waals surface area contributed by atoms with Crippen molar-refractivity contribution in [1.82, 2.24) is 4.72 Å². The average molecular weight is 255 g/mol. The first-order valence-corrected chi connectivity index (χ1v) is 7.52. The SMILES string of the molecule is CCCNS(=O)(=O)c1ccc(CC(C)C)cc1. The molecule has 3 nitrogen and oxygen atoms in total.